The van der Waals surface area contributed by atoms with Crippen molar-refractivity contribution < 1.29 is 4.79 Å². The summed E-state index contributed by atoms with van der Waals surface area (Å²) >= 11 is 3.82. The highest BCUT2D eigenvalue weighted by Crippen LogP contribution is 2.34. The minimum atomic E-state index is 0.172. The quantitative estimate of drug-likeness (QED) is 0.826. The topological polar surface area (TPSA) is 34.9 Å². The SMILES string of the molecule is CCC1SCCSC1C(=O)Cc1ccn(C2CCCC2)n1. The van der Waals surface area contributed by atoms with Gasteiger partial charge < -0.3 is 0 Å². The number of carbonyl (C=O) groups excluding carboxylic acids is 1. The fourth-order valence-electron chi connectivity index (χ4n) is 3.32. The molecule has 2 heterocycles. The predicted molar refractivity (Wildman–Crippen MR) is 91.2 cm³/mol. The molecular weight excluding hydrogens is 300 g/mol. The first-order valence-electron chi connectivity index (χ1n) is 8.08. The van der Waals surface area contributed by atoms with Crippen molar-refractivity contribution in [3.8, 4) is 0 Å². The maximum atomic E-state index is 12.6. The molecule has 5 heteroatoms. The predicted octanol–water partition coefficient (Wildman–Crippen LogP) is 3.74. The Labute approximate surface area is 135 Å². The molecule has 21 heavy (non-hydrogen) atoms. The Balaban J connectivity index is 1.61. The van der Waals surface area contributed by atoms with Crippen molar-refractivity contribution in [2.24, 2.45) is 0 Å². The van der Waals surface area contributed by atoms with E-state index < -0.39 is 0 Å². The lowest BCUT2D eigenvalue weighted by Crippen LogP contribution is -2.33. The molecule has 2 fully saturated rings. The molecule has 2 atom stereocenters. The highest BCUT2D eigenvalue weighted by atomic mass is 32.2. The van der Waals surface area contributed by atoms with Gasteiger partial charge in [0.2, 0.25) is 0 Å². The smallest absolute Gasteiger partial charge is 0.152 e. The Hall–Kier alpha value is -0.420. The van der Waals surface area contributed by atoms with Gasteiger partial charge >= 0.3 is 0 Å². The van der Waals surface area contributed by atoms with Crippen LogP contribution in [0.25, 0.3) is 0 Å². The van der Waals surface area contributed by atoms with E-state index in [1.54, 1.807) is 0 Å². The zero-order chi connectivity index (χ0) is 14.7. The van der Waals surface area contributed by atoms with Crippen molar-refractivity contribution in [2.45, 2.75) is 62.0 Å². The Kier molecular flexibility index (Phi) is 5.33. The van der Waals surface area contributed by atoms with Crippen LogP contribution < -0.4 is 0 Å². The van der Waals surface area contributed by atoms with E-state index >= 15 is 0 Å². The summed E-state index contributed by atoms with van der Waals surface area (Å²) in [6.45, 7) is 2.19. The van der Waals surface area contributed by atoms with Gasteiger partial charge in [-0.2, -0.15) is 16.9 Å². The number of aromatic nitrogens is 2. The summed E-state index contributed by atoms with van der Waals surface area (Å²) in [4.78, 5) is 12.6. The molecule has 3 nitrogen and oxygen atoms in total. The van der Waals surface area contributed by atoms with E-state index in [2.05, 4.69) is 22.9 Å². The lowest BCUT2D eigenvalue weighted by molar-refractivity contribution is -0.118. The maximum Gasteiger partial charge on any atom is 0.152 e. The summed E-state index contributed by atoms with van der Waals surface area (Å²) < 4.78 is 2.09. The van der Waals surface area contributed by atoms with E-state index in [0.29, 0.717) is 23.5 Å². The molecule has 0 N–H and O–H groups in total. The molecule has 0 radical (unpaired) electrons. The number of carbonyl (C=O) groups is 1. The molecule has 1 saturated heterocycles. The molecule has 2 unspecified atom stereocenters. The second kappa shape index (κ2) is 7.23. The lowest BCUT2D eigenvalue weighted by atomic mass is 10.1. The van der Waals surface area contributed by atoms with Crippen LogP contribution in [0.3, 0.4) is 0 Å². The van der Waals surface area contributed by atoms with Crippen molar-refractivity contribution in [2.75, 3.05) is 11.5 Å². The summed E-state index contributed by atoms with van der Waals surface area (Å²) in [6, 6.07) is 2.61. The average Bonchev–Trinajstić information content (AvgIpc) is 3.17. The molecule has 1 aromatic heterocycles. The van der Waals surface area contributed by atoms with E-state index in [-0.39, 0.29) is 5.25 Å². The van der Waals surface area contributed by atoms with E-state index in [1.165, 1.54) is 31.4 Å². The van der Waals surface area contributed by atoms with Gasteiger partial charge in [0.25, 0.3) is 0 Å². The molecular formula is C16H24N2OS2. The fraction of sp³-hybridized carbons (Fsp3) is 0.750. The van der Waals surface area contributed by atoms with Gasteiger partial charge in [-0.1, -0.05) is 19.8 Å². The van der Waals surface area contributed by atoms with Crippen molar-refractivity contribution >= 4 is 29.3 Å². The molecule has 2 aliphatic rings. The van der Waals surface area contributed by atoms with Gasteiger partial charge in [-0.25, -0.2) is 0 Å². The standard InChI is InChI=1S/C16H24N2OS2/c1-2-15-16(21-10-9-20-15)14(19)11-12-7-8-18(17-12)13-5-3-4-6-13/h7-8,13,15-16H,2-6,9-11H2,1H3. The van der Waals surface area contributed by atoms with Crippen molar-refractivity contribution in [1.29, 1.82) is 0 Å². The summed E-state index contributed by atoms with van der Waals surface area (Å²) in [5.74, 6) is 2.66. The van der Waals surface area contributed by atoms with Gasteiger partial charge in [-0.3, -0.25) is 9.48 Å². The zero-order valence-electron chi connectivity index (χ0n) is 12.7. The van der Waals surface area contributed by atoms with Crippen LogP contribution in [0, 0.1) is 0 Å². The van der Waals surface area contributed by atoms with E-state index in [4.69, 9.17) is 0 Å². The van der Waals surface area contributed by atoms with Crippen LogP contribution in [0.2, 0.25) is 0 Å². The highest BCUT2D eigenvalue weighted by molar-refractivity contribution is 8.07. The number of nitrogens with zero attached hydrogens (tertiary/aromatic N) is 2. The molecule has 1 aromatic rings. The highest BCUT2D eigenvalue weighted by Gasteiger charge is 2.31. The third-order valence-corrected chi connectivity index (χ3v) is 7.78. The molecule has 1 aliphatic heterocycles. The first-order valence-corrected chi connectivity index (χ1v) is 10.2. The number of hydrogen-bond acceptors (Lipinski definition) is 4. The number of Topliss-reactive ketones (excluding diaryl/α,β-unsaturated/α-hetero) is 1. The van der Waals surface area contributed by atoms with E-state index in [0.717, 1.165) is 17.9 Å². The summed E-state index contributed by atoms with van der Waals surface area (Å²) in [5.41, 5.74) is 0.956. The molecule has 0 bridgehead atoms. The number of thioether (sulfide) groups is 2. The largest absolute Gasteiger partial charge is 0.298 e. The first-order chi connectivity index (χ1) is 10.3. The normalized spacial score (nSPS) is 27.1. The van der Waals surface area contributed by atoms with Crippen molar-refractivity contribution in [3.63, 3.8) is 0 Å². The van der Waals surface area contributed by atoms with Gasteiger partial charge in [0.1, 0.15) is 0 Å². The second-order valence-electron chi connectivity index (χ2n) is 5.98. The maximum absolute atomic E-state index is 12.6. The number of rotatable bonds is 5. The van der Waals surface area contributed by atoms with Crippen molar-refractivity contribution in [1.82, 2.24) is 9.78 Å². The Morgan fingerprint density at radius 1 is 1.33 bits per heavy atom. The number of hydrogen-bond donors (Lipinski definition) is 0. The Bertz CT molecular complexity index is 482. The van der Waals surface area contributed by atoms with Gasteiger partial charge in [-0.15, -0.1) is 11.8 Å². The molecule has 3 rings (SSSR count). The third kappa shape index (κ3) is 3.67. The zero-order valence-corrected chi connectivity index (χ0v) is 14.3. The van der Waals surface area contributed by atoms with Gasteiger partial charge in [0.15, 0.2) is 5.78 Å². The number of ketones is 1. The molecule has 1 aliphatic carbocycles. The van der Waals surface area contributed by atoms with Crippen LogP contribution in [0.5, 0.6) is 0 Å². The average molecular weight is 325 g/mol. The molecule has 116 valence electrons. The van der Waals surface area contributed by atoms with Crippen LogP contribution in [0.15, 0.2) is 12.3 Å². The second-order valence-corrected chi connectivity index (χ2v) is 8.57. The van der Waals surface area contributed by atoms with Crippen molar-refractivity contribution in [3.05, 3.63) is 18.0 Å². The Morgan fingerprint density at radius 3 is 2.86 bits per heavy atom. The summed E-state index contributed by atoms with van der Waals surface area (Å²) in [7, 11) is 0. The minimum absolute atomic E-state index is 0.172. The van der Waals surface area contributed by atoms with Gasteiger partial charge in [0.05, 0.1) is 23.4 Å². The monoisotopic (exact) mass is 324 g/mol. The Morgan fingerprint density at radius 2 is 2.10 bits per heavy atom. The van der Waals surface area contributed by atoms with Crippen LogP contribution in [0.4, 0.5) is 0 Å². The van der Waals surface area contributed by atoms with Crippen LogP contribution in [0.1, 0.15) is 50.8 Å². The van der Waals surface area contributed by atoms with Crippen LogP contribution >= 0.6 is 23.5 Å². The van der Waals surface area contributed by atoms with E-state index in [1.807, 2.05) is 29.6 Å². The van der Waals surface area contributed by atoms with Crippen LogP contribution in [-0.4, -0.2) is 37.6 Å². The summed E-state index contributed by atoms with van der Waals surface area (Å²) in [6.07, 6.45) is 8.77. The van der Waals surface area contributed by atoms with Gasteiger partial charge in [0, 0.05) is 23.0 Å². The molecule has 0 spiro atoms. The molecule has 0 aromatic carbocycles. The van der Waals surface area contributed by atoms with E-state index in [9.17, 15) is 4.79 Å². The minimum Gasteiger partial charge on any atom is -0.298 e. The first kappa shape index (κ1) is 15.5. The molecule has 1 saturated carbocycles. The van der Waals surface area contributed by atoms with Gasteiger partial charge in [-0.05, 0) is 25.3 Å². The molecule has 0 amide bonds. The third-order valence-electron chi connectivity index (χ3n) is 4.49. The van der Waals surface area contributed by atoms with Crippen LogP contribution in [-0.2, 0) is 11.2 Å². The lowest BCUT2D eigenvalue weighted by Gasteiger charge is -2.28. The fourth-order valence-corrected chi connectivity index (χ4v) is 6.36. The summed E-state index contributed by atoms with van der Waals surface area (Å²) in [5, 5.41) is 5.32.